The van der Waals surface area contributed by atoms with E-state index < -0.39 is 0 Å². The van der Waals surface area contributed by atoms with Gasteiger partial charge < -0.3 is 15.0 Å². The molecule has 1 aliphatic carbocycles. The third-order valence-corrected chi connectivity index (χ3v) is 4.90. The minimum Gasteiger partial charge on any atom is -0.394 e. The number of ether oxygens (including phenoxy) is 1. The second-order valence-corrected chi connectivity index (χ2v) is 6.61. The van der Waals surface area contributed by atoms with E-state index in [2.05, 4.69) is 15.9 Å². The van der Waals surface area contributed by atoms with Gasteiger partial charge in [0.25, 0.3) is 0 Å². The van der Waals surface area contributed by atoms with Crippen molar-refractivity contribution in [2.75, 3.05) is 5.73 Å². The molecular weight excluding hydrogens is 308 g/mol. The second kappa shape index (κ2) is 4.94. The van der Waals surface area contributed by atoms with Gasteiger partial charge in [-0.1, -0.05) is 12.8 Å². The molecule has 1 aromatic heterocycles. The van der Waals surface area contributed by atoms with Crippen LogP contribution in [0.4, 0.5) is 5.69 Å². The average molecular weight is 327 g/mol. The molecule has 2 heterocycles. The van der Waals surface area contributed by atoms with Crippen molar-refractivity contribution in [1.29, 1.82) is 0 Å². The molecular formula is C14H19BrN2O2. The third kappa shape index (κ3) is 2.58. The molecule has 4 nitrogen and oxygen atoms in total. The number of aromatic nitrogens is 1. The smallest absolute Gasteiger partial charge is 0.218 e. The summed E-state index contributed by atoms with van der Waals surface area (Å²) in [7, 11) is 0. The maximum atomic E-state index is 11.5. The van der Waals surface area contributed by atoms with Crippen LogP contribution in [-0.2, 0) is 11.3 Å². The van der Waals surface area contributed by atoms with E-state index in [0.29, 0.717) is 4.47 Å². The van der Waals surface area contributed by atoms with Gasteiger partial charge in [0.2, 0.25) is 5.43 Å². The van der Waals surface area contributed by atoms with Crippen LogP contribution >= 0.6 is 15.9 Å². The summed E-state index contributed by atoms with van der Waals surface area (Å²) in [6, 6.07) is 0. The second-order valence-electron chi connectivity index (χ2n) is 5.76. The Balaban J connectivity index is 1.71. The van der Waals surface area contributed by atoms with Gasteiger partial charge in [-0.25, -0.2) is 0 Å². The molecule has 104 valence electrons. The summed E-state index contributed by atoms with van der Waals surface area (Å²) in [6.45, 7) is 0.769. The number of nitrogen functional groups attached to an aromatic ring is 1. The highest BCUT2D eigenvalue weighted by atomic mass is 79.9. The van der Waals surface area contributed by atoms with Crippen LogP contribution in [0.1, 0.15) is 38.5 Å². The van der Waals surface area contributed by atoms with Gasteiger partial charge in [0.15, 0.2) is 0 Å². The molecule has 2 aliphatic rings. The molecule has 2 fully saturated rings. The first-order chi connectivity index (χ1) is 9.08. The minimum atomic E-state index is -0.143. The fourth-order valence-electron chi connectivity index (χ4n) is 3.37. The van der Waals surface area contributed by atoms with E-state index in [9.17, 15) is 4.79 Å². The van der Waals surface area contributed by atoms with Crippen molar-refractivity contribution < 1.29 is 4.74 Å². The third-order valence-electron chi connectivity index (χ3n) is 4.33. The highest BCUT2D eigenvalue weighted by molar-refractivity contribution is 9.10. The lowest BCUT2D eigenvalue weighted by molar-refractivity contribution is -0.0418. The monoisotopic (exact) mass is 326 g/mol. The van der Waals surface area contributed by atoms with Crippen LogP contribution in [0.25, 0.3) is 0 Å². The maximum absolute atomic E-state index is 11.5. The molecule has 2 N–H and O–H groups in total. The number of hydrogen-bond acceptors (Lipinski definition) is 3. The molecule has 1 saturated heterocycles. The minimum absolute atomic E-state index is 0.143. The summed E-state index contributed by atoms with van der Waals surface area (Å²) in [5.74, 6) is 0. The molecule has 5 heteroatoms. The van der Waals surface area contributed by atoms with Crippen LogP contribution in [0.15, 0.2) is 21.7 Å². The maximum Gasteiger partial charge on any atom is 0.218 e. The summed E-state index contributed by atoms with van der Waals surface area (Å²) in [6.07, 6.45) is 11.0. The molecule has 1 saturated carbocycles. The zero-order valence-electron chi connectivity index (χ0n) is 10.9. The SMILES string of the molecule is Nc1cn(CC2CCC3(CCCC3)O2)cc(Br)c1=O. The highest BCUT2D eigenvalue weighted by Crippen LogP contribution is 2.43. The number of nitrogens with two attached hydrogens (primary N) is 1. The van der Waals surface area contributed by atoms with E-state index in [4.69, 9.17) is 10.5 Å². The summed E-state index contributed by atoms with van der Waals surface area (Å²) < 4.78 is 8.74. The number of nitrogens with zero attached hydrogens (tertiary/aromatic N) is 1. The molecule has 0 bridgehead atoms. The highest BCUT2D eigenvalue weighted by Gasteiger charge is 2.42. The normalized spacial score (nSPS) is 25.2. The van der Waals surface area contributed by atoms with Gasteiger partial charge in [0.1, 0.15) is 0 Å². The van der Waals surface area contributed by atoms with E-state index in [1.54, 1.807) is 12.4 Å². The average Bonchev–Trinajstić information content (AvgIpc) is 2.97. The number of hydrogen-bond donors (Lipinski definition) is 1. The van der Waals surface area contributed by atoms with Crippen LogP contribution in [0.2, 0.25) is 0 Å². The van der Waals surface area contributed by atoms with E-state index in [-0.39, 0.29) is 22.8 Å². The lowest BCUT2D eigenvalue weighted by Crippen LogP contribution is -2.27. The van der Waals surface area contributed by atoms with Gasteiger partial charge in [-0.05, 0) is 41.6 Å². The van der Waals surface area contributed by atoms with Crippen LogP contribution in [0.5, 0.6) is 0 Å². The number of pyridine rings is 1. The zero-order chi connectivity index (χ0) is 13.5. The van der Waals surface area contributed by atoms with Gasteiger partial charge in [-0.3, -0.25) is 4.79 Å². The van der Waals surface area contributed by atoms with Crippen molar-refractivity contribution >= 4 is 21.6 Å². The molecule has 3 rings (SSSR count). The lowest BCUT2D eigenvalue weighted by Gasteiger charge is -2.24. The first kappa shape index (κ1) is 13.2. The Bertz CT molecular complexity index is 508. The van der Waals surface area contributed by atoms with Crippen molar-refractivity contribution in [3.8, 4) is 0 Å². The topological polar surface area (TPSA) is 57.2 Å². The number of halogens is 1. The summed E-state index contributed by atoms with van der Waals surface area (Å²) >= 11 is 3.25. The van der Waals surface area contributed by atoms with Gasteiger partial charge in [-0.15, -0.1) is 0 Å². The molecule has 19 heavy (non-hydrogen) atoms. The standard InChI is InChI=1S/C14H19BrN2O2/c15-11-8-17(9-12(16)13(11)18)7-10-3-6-14(19-10)4-1-2-5-14/h8-10H,1-7,16H2. The molecule has 0 amide bonds. The van der Waals surface area contributed by atoms with E-state index >= 15 is 0 Å². The van der Waals surface area contributed by atoms with Crippen LogP contribution in [0, 0.1) is 0 Å². The van der Waals surface area contributed by atoms with Gasteiger partial charge >= 0.3 is 0 Å². The fraction of sp³-hybridized carbons (Fsp3) is 0.643. The quantitative estimate of drug-likeness (QED) is 0.909. The Labute approximate surface area is 121 Å². The van der Waals surface area contributed by atoms with Gasteiger partial charge in [-0.2, -0.15) is 0 Å². The van der Waals surface area contributed by atoms with Gasteiger partial charge in [0.05, 0.1) is 21.9 Å². The molecule has 0 radical (unpaired) electrons. The van der Waals surface area contributed by atoms with Crippen molar-refractivity contribution in [2.24, 2.45) is 0 Å². The molecule has 1 aliphatic heterocycles. The zero-order valence-corrected chi connectivity index (χ0v) is 12.5. The Morgan fingerprint density at radius 1 is 1.37 bits per heavy atom. The van der Waals surface area contributed by atoms with Crippen molar-refractivity contribution in [3.63, 3.8) is 0 Å². The Morgan fingerprint density at radius 3 is 2.79 bits per heavy atom. The number of anilines is 1. The fourth-order valence-corrected chi connectivity index (χ4v) is 3.86. The number of rotatable bonds is 2. The van der Waals surface area contributed by atoms with E-state index in [1.807, 2.05) is 4.57 Å². The van der Waals surface area contributed by atoms with Crippen LogP contribution in [0.3, 0.4) is 0 Å². The summed E-state index contributed by atoms with van der Waals surface area (Å²) in [5, 5.41) is 0. The molecule has 1 unspecified atom stereocenters. The Kier molecular flexibility index (Phi) is 3.43. The lowest BCUT2D eigenvalue weighted by atomic mass is 9.98. The Hall–Kier alpha value is -0.810. The predicted octanol–water partition coefficient (Wildman–Crippen LogP) is 2.68. The van der Waals surface area contributed by atoms with Crippen LogP contribution in [-0.4, -0.2) is 16.3 Å². The molecule has 1 aromatic rings. The van der Waals surface area contributed by atoms with Crippen molar-refractivity contribution in [3.05, 3.63) is 27.1 Å². The summed E-state index contributed by atoms with van der Waals surface area (Å²) in [4.78, 5) is 11.5. The van der Waals surface area contributed by atoms with Crippen molar-refractivity contribution in [1.82, 2.24) is 4.57 Å². The first-order valence-electron chi connectivity index (χ1n) is 6.91. The largest absolute Gasteiger partial charge is 0.394 e. The van der Waals surface area contributed by atoms with Crippen molar-refractivity contribution in [2.45, 2.75) is 56.8 Å². The van der Waals surface area contributed by atoms with Gasteiger partial charge in [0, 0.05) is 18.9 Å². The van der Waals surface area contributed by atoms with E-state index in [0.717, 1.165) is 13.0 Å². The van der Waals surface area contributed by atoms with Crippen LogP contribution < -0.4 is 11.2 Å². The predicted molar refractivity (Wildman–Crippen MR) is 78.1 cm³/mol. The summed E-state index contributed by atoms with van der Waals surface area (Å²) in [5.41, 5.74) is 6.00. The first-order valence-corrected chi connectivity index (χ1v) is 7.70. The molecule has 0 aromatic carbocycles. The molecule has 1 atom stereocenters. The molecule has 1 spiro atoms. The van der Waals surface area contributed by atoms with E-state index in [1.165, 1.54) is 32.1 Å². The Morgan fingerprint density at radius 2 is 2.11 bits per heavy atom.